The molecular weight excluding hydrogens is 785 g/mol. The second-order valence-corrected chi connectivity index (χ2v) is 16.5. The zero-order chi connectivity index (χ0) is 41.9. The van der Waals surface area contributed by atoms with E-state index in [4.69, 9.17) is 18.8 Å². The molecule has 14 rings (SSSR count). The Labute approximate surface area is 365 Å². The molecule has 9 aromatic carbocycles. The van der Waals surface area contributed by atoms with Gasteiger partial charge in [0.25, 0.3) is 0 Å². The van der Waals surface area contributed by atoms with Crippen LogP contribution in [0.3, 0.4) is 0 Å². The monoisotopic (exact) mass is 818 g/mol. The number of hydrogen-bond donors (Lipinski definition) is 0. The summed E-state index contributed by atoms with van der Waals surface area (Å²) in [5.74, 6) is 0.648. The number of rotatable bonds is 5. The quantitative estimate of drug-likeness (QED) is 0.174. The van der Waals surface area contributed by atoms with Gasteiger partial charge in [0.2, 0.25) is 0 Å². The standard InChI is InChI=1S/C58H34N4O2/c1-3-15-35(16-4-1)47-34-48(60-58(59-47)36-17-5-2-6-18-36)45-33-44-43-31-37(61-49-23-11-7-19-39(49)40-20-8-12-24-50(40)61)27-29-53(43)63-56(44)57-55(45)46-32-38(28-30-54(46)64-57)62-51-25-13-9-21-41(51)42-22-10-14-26-52(42)62/h1-34H. The molecule has 0 atom stereocenters. The van der Waals surface area contributed by atoms with Crippen molar-refractivity contribution in [1.29, 1.82) is 0 Å². The highest BCUT2D eigenvalue weighted by Gasteiger charge is 2.24. The molecule has 0 aliphatic carbocycles. The van der Waals surface area contributed by atoms with E-state index in [1.807, 2.05) is 24.3 Å². The van der Waals surface area contributed by atoms with Gasteiger partial charge in [-0.2, -0.15) is 0 Å². The summed E-state index contributed by atoms with van der Waals surface area (Å²) < 4.78 is 18.6. The molecule has 0 aliphatic heterocycles. The van der Waals surface area contributed by atoms with Crippen molar-refractivity contribution in [2.24, 2.45) is 0 Å². The van der Waals surface area contributed by atoms with Crippen LogP contribution >= 0.6 is 0 Å². The summed E-state index contributed by atoms with van der Waals surface area (Å²) >= 11 is 0. The molecule has 298 valence electrons. The van der Waals surface area contributed by atoms with Gasteiger partial charge in [-0.05, 0) is 72.8 Å². The van der Waals surface area contributed by atoms with E-state index in [0.29, 0.717) is 17.0 Å². The van der Waals surface area contributed by atoms with Crippen LogP contribution in [0.25, 0.3) is 133 Å². The number of nitrogens with zero attached hydrogens (tertiary/aromatic N) is 4. The molecule has 5 heterocycles. The third-order valence-electron chi connectivity index (χ3n) is 12.9. The first-order chi connectivity index (χ1) is 31.7. The largest absolute Gasteiger partial charge is 0.452 e. The zero-order valence-corrected chi connectivity index (χ0v) is 34.2. The minimum absolute atomic E-state index is 0.648. The SMILES string of the molecule is c1ccc(-c2cc(-c3cc4c5cc(-n6c7ccccc7c7ccccc76)ccc5oc4c4oc5ccc(-n6c7ccccc7c7ccccc76)cc5c34)nc(-c3ccccc3)n2)cc1. The van der Waals surface area contributed by atoms with Crippen LogP contribution in [0.5, 0.6) is 0 Å². The molecule has 0 saturated carbocycles. The van der Waals surface area contributed by atoms with Crippen molar-refractivity contribution in [3.63, 3.8) is 0 Å². The van der Waals surface area contributed by atoms with Gasteiger partial charge in [-0.3, -0.25) is 0 Å². The Hall–Kier alpha value is -8.74. The van der Waals surface area contributed by atoms with Crippen LogP contribution in [-0.2, 0) is 0 Å². The maximum Gasteiger partial charge on any atom is 0.179 e. The van der Waals surface area contributed by atoms with E-state index in [2.05, 4.69) is 191 Å². The molecular formula is C58H34N4O2. The smallest absolute Gasteiger partial charge is 0.179 e. The summed E-state index contributed by atoms with van der Waals surface area (Å²) in [5, 5.41) is 8.70. The third kappa shape index (κ3) is 5.08. The number of hydrogen-bond acceptors (Lipinski definition) is 4. The molecule has 0 radical (unpaired) electrons. The maximum absolute atomic E-state index is 7.00. The van der Waals surface area contributed by atoms with Crippen LogP contribution < -0.4 is 0 Å². The van der Waals surface area contributed by atoms with Crippen LogP contribution in [0.15, 0.2) is 215 Å². The normalized spacial score (nSPS) is 12.1. The first-order valence-corrected chi connectivity index (χ1v) is 21.6. The Bertz CT molecular complexity index is 4030. The Balaban J connectivity index is 1.09. The molecule has 0 aliphatic rings. The topological polar surface area (TPSA) is 61.9 Å². The molecule has 6 nitrogen and oxygen atoms in total. The van der Waals surface area contributed by atoms with Gasteiger partial charge in [0.05, 0.1) is 33.5 Å². The zero-order valence-electron chi connectivity index (χ0n) is 34.2. The van der Waals surface area contributed by atoms with Crippen molar-refractivity contribution in [2.75, 3.05) is 0 Å². The van der Waals surface area contributed by atoms with Crippen LogP contribution in [0.2, 0.25) is 0 Å². The molecule has 0 N–H and O–H groups in total. The molecule has 6 heteroatoms. The molecule has 0 saturated heterocycles. The molecule has 0 spiro atoms. The minimum Gasteiger partial charge on any atom is -0.452 e. The highest BCUT2D eigenvalue weighted by atomic mass is 16.4. The van der Waals surface area contributed by atoms with Crippen molar-refractivity contribution in [3.8, 4) is 45.3 Å². The van der Waals surface area contributed by atoms with E-state index in [1.165, 1.54) is 21.5 Å². The Morgan fingerprint density at radius 2 is 0.781 bits per heavy atom. The lowest BCUT2D eigenvalue weighted by Crippen LogP contribution is -1.96. The summed E-state index contributed by atoms with van der Waals surface area (Å²) in [6, 6.07) is 72.4. The second-order valence-electron chi connectivity index (χ2n) is 16.5. The number of para-hydroxylation sites is 4. The van der Waals surface area contributed by atoms with Crippen molar-refractivity contribution in [1.82, 2.24) is 19.1 Å². The molecule has 0 amide bonds. The minimum atomic E-state index is 0.648. The van der Waals surface area contributed by atoms with Gasteiger partial charge in [-0.25, -0.2) is 9.97 Å². The van der Waals surface area contributed by atoms with E-state index in [0.717, 1.165) is 94.2 Å². The van der Waals surface area contributed by atoms with Gasteiger partial charge in [-0.15, -0.1) is 0 Å². The fraction of sp³-hybridized carbons (Fsp3) is 0. The molecule has 64 heavy (non-hydrogen) atoms. The molecule has 0 fully saturated rings. The highest BCUT2D eigenvalue weighted by Crippen LogP contribution is 2.46. The number of aromatic nitrogens is 4. The first-order valence-electron chi connectivity index (χ1n) is 21.6. The van der Waals surface area contributed by atoms with E-state index in [9.17, 15) is 0 Å². The third-order valence-corrected chi connectivity index (χ3v) is 12.9. The van der Waals surface area contributed by atoms with Gasteiger partial charge in [-0.1, -0.05) is 133 Å². The lowest BCUT2D eigenvalue weighted by molar-refractivity contribution is 0.633. The van der Waals surface area contributed by atoms with Crippen LogP contribution in [0.1, 0.15) is 0 Å². The summed E-state index contributed by atoms with van der Waals surface area (Å²) in [7, 11) is 0. The van der Waals surface area contributed by atoms with Crippen LogP contribution in [-0.4, -0.2) is 19.1 Å². The summed E-state index contributed by atoms with van der Waals surface area (Å²) in [5.41, 5.74) is 14.1. The lowest BCUT2D eigenvalue weighted by atomic mass is 9.98. The number of benzene rings is 9. The van der Waals surface area contributed by atoms with E-state index >= 15 is 0 Å². The van der Waals surface area contributed by atoms with Crippen molar-refractivity contribution < 1.29 is 8.83 Å². The summed E-state index contributed by atoms with van der Waals surface area (Å²) in [4.78, 5) is 10.6. The molecule has 0 unspecified atom stereocenters. The van der Waals surface area contributed by atoms with Crippen LogP contribution in [0.4, 0.5) is 0 Å². The molecule has 0 bridgehead atoms. The van der Waals surface area contributed by atoms with E-state index in [-0.39, 0.29) is 0 Å². The Morgan fingerprint density at radius 1 is 0.328 bits per heavy atom. The predicted octanol–water partition coefficient (Wildman–Crippen LogP) is 15.5. The van der Waals surface area contributed by atoms with Crippen molar-refractivity contribution >= 4 is 87.5 Å². The Morgan fingerprint density at radius 3 is 1.34 bits per heavy atom. The Kier molecular flexibility index (Phi) is 7.30. The second kappa shape index (κ2) is 13.4. The number of fused-ring (bicyclic) bond motifs is 13. The summed E-state index contributed by atoms with van der Waals surface area (Å²) in [6.07, 6.45) is 0. The summed E-state index contributed by atoms with van der Waals surface area (Å²) in [6.45, 7) is 0. The van der Waals surface area contributed by atoms with E-state index < -0.39 is 0 Å². The van der Waals surface area contributed by atoms with Gasteiger partial charge in [0.15, 0.2) is 17.0 Å². The van der Waals surface area contributed by atoms with Crippen molar-refractivity contribution in [3.05, 3.63) is 206 Å². The average molecular weight is 819 g/mol. The van der Waals surface area contributed by atoms with Gasteiger partial charge >= 0.3 is 0 Å². The average Bonchev–Trinajstić information content (AvgIpc) is 4.12. The van der Waals surface area contributed by atoms with Gasteiger partial charge in [0.1, 0.15) is 11.2 Å². The van der Waals surface area contributed by atoms with Crippen LogP contribution in [0, 0.1) is 0 Å². The highest BCUT2D eigenvalue weighted by molar-refractivity contribution is 6.24. The van der Waals surface area contributed by atoms with Gasteiger partial charge in [0, 0.05) is 71.2 Å². The molecule has 14 aromatic rings. The maximum atomic E-state index is 7.00. The first kappa shape index (κ1) is 34.9. The van der Waals surface area contributed by atoms with Gasteiger partial charge < -0.3 is 18.0 Å². The fourth-order valence-electron chi connectivity index (χ4n) is 10.1. The fourth-order valence-corrected chi connectivity index (χ4v) is 10.1. The predicted molar refractivity (Wildman–Crippen MR) is 262 cm³/mol. The van der Waals surface area contributed by atoms with E-state index in [1.54, 1.807) is 0 Å². The lowest BCUT2D eigenvalue weighted by Gasteiger charge is -2.11. The molecule has 5 aromatic heterocycles. The van der Waals surface area contributed by atoms with Crippen molar-refractivity contribution in [2.45, 2.75) is 0 Å². The number of furan rings is 2.